The van der Waals surface area contributed by atoms with Gasteiger partial charge in [0, 0.05) is 0 Å². The molecule has 0 aromatic heterocycles. The molecule has 0 saturated heterocycles. The number of rotatable bonds is 10. The number of nitrogens with one attached hydrogen (secondary N) is 1. The molecule has 4 heteroatoms. The first kappa shape index (κ1) is 16.4. The van der Waals surface area contributed by atoms with Gasteiger partial charge in [-0.2, -0.15) is 0 Å². The van der Waals surface area contributed by atoms with Gasteiger partial charge in [-0.15, -0.1) is 0 Å². The van der Waals surface area contributed by atoms with Gasteiger partial charge in [0.25, 0.3) is 0 Å². The molecule has 0 aromatic rings. The highest BCUT2D eigenvalue weighted by atomic mass is 16.4. The van der Waals surface area contributed by atoms with Crippen LogP contribution >= 0.6 is 0 Å². The zero-order valence-corrected chi connectivity index (χ0v) is 11.8. The van der Waals surface area contributed by atoms with Crippen LogP contribution < -0.4 is 5.32 Å². The predicted octanol–water partition coefficient (Wildman–Crippen LogP) is 1.95. The molecule has 0 aliphatic heterocycles. The number of carbonyl (C=O) groups is 1. The van der Waals surface area contributed by atoms with Gasteiger partial charge < -0.3 is 15.3 Å². The predicted molar refractivity (Wildman–Crippen MR) is 71.4 cm³/mol. The monoisotopic (exact) mass is 244 g/mol. The quantitative estimate of drug-likeness (QED) is 0.577. The van der Waals surface area contributed by atoms with Gasteiger partial charge in [-0.05, 0) is 53.4 Å². The Kier molecular flexibility index (Phi) is 8.17. The van der Waals surface area contributed by atoms with Crippen molar-refractivity contribution in [1.29, 1.82) is 0 Å². The van der Waals surface area contributed by atoms with E-state index in [-0.39, 0.29) is 0 Å². The molecular formula is C13H28N2O2. The topological polar surface area (TPSA) is 52.6 Å². The minimum absolute atomic E-state index is 0.664. The number of carboxylic acids is 1. The SMILES string of the molecule is CCCCCN(C)CCCC(C)(NC)C(=O)O. The molecule has 1 unspecified atom stereocenters. The first-order valence-corrected chi connectivity index (χ1v) is 6.57. The fourth-order valence-corrected chi connectivity index (χ4v) is 1.78. The van der Waals surface area contributed by atoms with Crippen molar-refractivity contribution in [3.63, 3.8) is 0 Å². The summed E-state index contributed by atoms with van der Waals surface area (Å²) in [6.07, 6.45) is 5.32. The maximum atomic E-state index is 11.1. The van der Waals surface area contributed by atoms with Crippen LogP contribution in [0.15, 0.2) is 0 Å². The second-order valence-corrected chi connectivity index (χ2v) is 5.00. The highest BCUT2D eigenvalue weighted by Crippen LogP contribution is 2.12. The summed E-state index contributed by atoms with van der Waals surface area (Å²) in [6.45, 7) is 6.02. The van der Waals surface area contributed by atoms with Crippen LogP contribution in [0.3, 0.4) is 0 Å². The lowest BCUT2D eigenvalue weighted by Gasteiger charge is -2.25. The van der Waals surface area contributed by atoms with Crippen LogP contribution in [0.5, 0.6) is 0 Å². The number of unbranched alkanes of at least 4 members (excludes halogenated alkanes) is 2. The average Bonchev–Trinajstić information content (AvgIpc) is 2.29. The van der Waals surface area contributed by atoms with Crippen LogP contribution in [0.4, 0.5) is 0 Å². The Bertz CT molecular complexity index is 221. The van der Waals surface area contributed by atoms with Gasteiger partial charge in [0.2, 0.25) is 0 Å². The average molecular weight is 244 g/mol. The minimum Gasteiger partial charge on any atom is -0.480 e. The van der Waals surface area contributed by atoms with Crippen LogP contribution in [0.25, 0.3) is 0 Å². The zero-order valence-electron chi connectivity index (χ0n) is 11.8. The lowest BCUT2D eigenvalue weighted by Crippen LogP contribution is -2.47. The summed E-state index contributed by atoms with van der Waals surface area (Å²) >= 11 is 0. The molecule has 4 nitrogen and oxygen atoms in total. The second kappa shape index (κ2) is 8.48. The van der Waals surface area contributed by atoms with Crippen molar-refractivity contribution in [2.24, 2.45) is 0 Å². The Labute approximate surface area is 105 Å². The first-order valence-electron chi connectivity index (χ1n) is 6.57. The van der Waals surface area contributed by atoms with E-state index in [0.29, 0.717) is 6.42 Å². The molecule has 0 spiro atoms. The molecule has 0 fully saturated rings. The number of carboxylic acid groups (broad SMARTS) is 1. The van der Waals surface area contributed by atoms with Crippen molar-refractivity contribution < 1.29 is 9.90 Å². The Morgan fingerprint density at radius 2 is 1.88 bits per heavy atom. The lowest BCUT2D eigenvalue weighted by atomic mass is 9.96. The summed E-state index contributed by atoms with van der Waals surface area (Å²) in [5, 5.41) is 12.0. The third-order valence-corrected chi connectivity index (χ3v) is 3.38. The van der Waals surface area contributed by atoms with Gasteiger partial charge in [0.15, 0.2) is 0 Å². The van der Waals surface area contributed by atoms with Gasteiger partial charge in [0.05, 0.1) is 0 Å². The van der Waals surface area contributed by atoms with E-state index >= 15 is 0 Å². The van der Waals surface area contributed by atoms with E-state index < -0.39 is 11.5 Å². The Morgan fingerprint density at radius 3 is 2.35 bits per heavy atom. The molecule has 0 aliphatic carbocycles. The third kappa shape index (κ3) is 6.64. The van der Waals surface area contributed by atoms with Gasteiger partial charge in [-0.1, -0.05) is 19.8 Å². The van der Waals surface area contributed by atoms with E-state index in [0.717, 1.165) is 19.5 Å². The molecule has 0 heterocycles. The molecule has 17 heavy (non-hydrogen) atoms. The van der Waals surface area contributed by atoms with Crippen LogP contribution in [-0.4, -0.2) is 48.7 Å². The van der Waals surface area contributed by atoms with Crippen LogP contribution in [-0.2, 0) is 4.79 Å². The molecular weight excluding hydrogens is 216 g/mol. The summed E-state index contributed by atoms with van der Waals surface area (Å²) < 4.78 is 0. The Balaban J connectivity index is 3.77. The largest absolute Gasteiger partial charge is 0.480 e. The molecule has 1 atom stereocenters. The highest BCUT2D eigenvalue weighted by molar-refractivity contribution is 5.78. The fraction of sp³-hybridized carbons (Fsp3) is 0.923. The second-order valence-electron chi connectivity index (χ2n) is 5.00. The van der Waals surface area contributed by atoms with E-state index in [1.807, 2.05) is 0 Å². The molecule has 0 saturated carbocycles. The van der Waals surface area contributed by atoms with E-state index in [9.17, 15) is 4.79 Å². The van der Waals surface area contributed by atoms with Crippen molar-refractivity contribution in [3.8, 4) is 0 Å². The Morgan fingerprint density at radius 1 is 1.29 bits per heavy atom. The summed E-state index contributed by atoms with van der Waals surface area (Å²) in [5.74, 6) is -0.770. The number of hydrogen-bond acceptors (Lipinski definition) is 3. The zero-order chi connectivity index (χ0) is 13.3. The molecule has 0 aromatic carbocycles. The van der Waals surface area contributed by atoms with Gasteiger partial charge in [-0.3, -0.25) is 4.79 Å². The van der Waals surface area contributed by atoms with Crippen LogP contribution in [0, 0.1) is 0 Å². The summed E-state index contributed by atoms with van der Waals surface area (Å²) in [5.41, 5.74) is -0.787. The number of hydrogen-bond donors (Lipinski definition) is 2. The van der Waals surface area contributed by atoms with Crippen molar-refractivity contribution in [2.45, 2.75) is 51.5 Å². The maximum Gasteiger partial charge on any atom is 0.323 e. The first-order chi connectivity index (χ1) is 7.96. The van der Waals surface area contributed by atoms with Crippen molar-refractivity contribution in [1.82, 2.24) is 10.2 Å². The maximum absolute atomic E-state index is 11.1. The van der Waals surface area contributed by atoms with E-state index in [2.05, 4.69) is 24.2 Å². The van der Waals surface area contributed by atoms with Gasteiger partial charge >= 0.3 is 5.97 Å². The highest BCUT2D eigenvalue weighted by Gasteiger charge is 2.30. The fourth-order valence-electron chi connectivity index (χ4n) is 1.78. The number of nitrogens with zero attached hydrogens (tertiary/aromatic N) is 1. The van der Waals surface area contributed by atoms with Gasteiger partial charge in [-0.25, -0.2) is 0 Å². The molecule has 0 amide bonds. The smallest absolute Gasteiger partial charge is 0.323 e. The molecule has 102 valence electrons. The minimum atomic E-state index is -0.787. The number of aliphatic carboxylic acids is 1. The van der Waals surface area contributed by atoms with Crippen molar-refractivity contribution in [3.05, 3.63) is 0 Å². The van der Waals surface area contributed by atoms with Crippen LogP contribution in [0.2, 0.25) is 0 Å². The lowest BCUT2D eigenvalue weighted by molar-refractivity contribution is -0.144. The van der Waals surface area contributed by atoms with E-state index in [1.54, 1.807) is 14.0 Å². The molecule has 0 aliphatic rings. The summed E-state index contributed by atoms with van der Waals surface area (Å²) in [7, 11) is 3.81. The molecule has 0 bridgehead atoms. The van der Waals surface area contributed by atoms with E-state index in [1.165, 1.54) is 19.3 Å². The summed E-state index contributed by atoms with van der Waals surface area (Å²) in [6, 6.07) is 0. The molecule has 2 N–H and O–H groups in total. The molecule has 0 rings (SSSR count). The number of likely N-dealkylation sites (N-methyl/N-ethyl adjacent to an activating group) is 1. The molecule has 0 radical (unpaired) electrons. The normalized spacial score (nSPS) is 14.9. The standard InChI is InChI=1S/C13H28N2O2/c1-5-6-7-10-15(4)11-8-9-13(2,14-3)12(16)17/h14H,5-11H2,1-4H3,(H,16,17). The van der Waals surface area contributed by atoms with Gasteiger partial charge in [0.1, 0.15) is 5.54 Å². The Hall–Kier alpha value is -0.610. The van der Waals surface area contributed by atoms with E-state index in [4.69, 9.17) is 5.11 Å². The van der Waals surface area contributed by atoms with Crippen molar-refractivity contribution in [2.75, 3.05) is 27.2 Å². The van der Waals surface area contributed by atoms with Crippen LogP contribution in [0.1, 0.15) is 46.0 Å². The van der Waals surface area contributed by atoms with Crippen molar-refractivity contribution >= 4 is 5.97 Å². The third-order valence-electron chi connectivity index (χ3n) is 3.38. The summed E-state index contributed by atoms with van der Waals surface area (Å²) in [4.78, 5) is 13.3.